The number of rotatable bonds is 3. The third kappa shape index (κ3) is 3.67. The highest BCUT2D eigenvalue weighted by molar-refractivity contribution is 6.38. The number of amides is 3. The van der Waals surface area contributed by atoms with Crippen LogP contribution >= 0.6 is 46.4 Å². The van der Waals surface area contributed by atoms with Gasteiger partial charge < -0.3 is 16.4 Å². The molecule has 3 amide bonds. The molecule has 4 atom stereocenters. The summed E-state index contributed by atoms with van der Waals surface area (Å²) in [7, 11) is 0. The van der Waals surface area contributed by atoms with E-state index in [1.165, 1.54) is 35.2 Å². The van der Waals surface area contributed by atoms with Crippen molar-refractivity contribution in [3.05, 3.63) is 56.0 Å². The molecule has 0 bridgehead atoms. The van der Waals surface area contributed by atoms with Crippen molar-refractivity contribution < 1.29 is 23.2 Å². The minimum atomic E-state index is -3.23. The van der Waals surface area contributed by atoms with E-state index in [2.05, 4.69) is 10.6 Å². The van der Waals surface area contributed by atoms with Gasteiger partial charge in [-0.3, -0.25) is 19.3 Å². The van der Waals surface area contributed by atoms with Crippen molar-refractivity contribution in [2.75, 3.05) is 17.2 Å². The molecule has 5 rings (SSSR count). The molecular formula is C22H16Cl4F2N4O3. The summed E-state index contributed by atoms with van der Waals surface area (Å²) in [5.41, 5.74) is 4.20. The van der Waals surface area contributed by atoms with Crippen LogP contribution in [0.25, 0.3) is 0 Å². The Morgan fingerprint density at radius 1 is 1.06 bits per heavy atom. The van der Waals surface area contributed by atoms with Gasteiger partial charge >= 0.3 is 0 Å². The molecule has 35 heavy (non-hydrogen) atoms. The SMILES string of the molecule is NC(=O)[C@H]1[C@@H](C(=O)Nc2cc(Cl)cc(Cl)c2)[C@H]2CC(F)(F)CN2[C@]12C(=O)Nc1c(Cl)cc(Cl)cc12. The molecule has 0 aliphatic carbocycles. The third-order valence-corrected chi connectivity index (χ3v) is 7.73. The molecule has 0 aromatic heterocycles. The highest BCUT2D eigenvalue weighted by Gasteiger charge is 2.74. The number of nitrogens with zero attached hydrogens (tertiary/aromatic N) is 1. The number of fused-ring (bicyclic) bond motifs is 4. The van der Waals surface area contributed by atoms with Crippen LogP contribution in [0.3, 0.4) is 0 Å². The number of nitrogens with two attached hydrogens (primary N) is 1. The first-order valence-corrected chi connectivity index (χ1v) is 11.9. The molecule has 7 nitrogen and oxygen atoms in total. The summed E-state index contributed by atoms with van der Waals surface area (Å²) in [6.45, 7) is -0.870. The summed E-state index contributed by atoms with van der Waals surface area (Å²) >= 11 is 24.5. The van der Waals surface area contributed by atoms with Gasteiger partial charge in [0.2, 0.25) is 11.8 Å². The van der Waals surface area contributed by atoms with Crippen LogP contribution in [0.2, 0.25) is 20.1 Å². The van der Waals surface area contributed by atoms with Crippen LogP contribution in [0.5, 0.6) is 0 Å². The Labute approximate surface area is 217 Å². The van der Waals surface area contributed by atoms with Crippen molar-refractivity contribution in [3.8, 4) is 0 Å². The second-order valence-electron chi connectivity index (χ2n) is 8.84. The number of benzene rings is 2. The molecule has 3 aliphatic heterocycles. The maximum absolute atomic E-state index is 14.8. The monoisotopic (exact) mass is 562 g/mol. The lowest BCUT2D eigenvalue weighted by Crippen LogP contribution is -2.55. The lowest BCUT2D eigenvalue weighted by molar-refractivity contribution is -0.139. The van der Waals surface area contributed by atoms with Crippen molar-refractivity contribution in [1.29, 1.82) is 0 Å². The summed E-state index contributed by atoms with van der Waals surface area (Å²) < 4.78 is 29.5. The van der Waals surface area contributed by atoms with Crippen molar-refractivity contribution in [1.82, 2.24) is 4.90 Å². The second kappa shape index (κ2) is 8.18. The normalized spacial score (nSPS) is 28.6. The topological polar surface area (TPSA) is 105 Å². The van der Waals surface area contributed by atoms with E-state index in [0.29, 0.717) is 0 Å². The van der Waals surface area contributed by atoms with Gasteiger partial charge in [-0.05, 0) is 30.3 Å². The molecule has 2 aromatic carbocycles. The summed E-state index contributed by atoms with van der Waals surface area (Å²) in [4.78, 5) is 41.1. The fourth-order valence-electron chi connectivity index (χ4n) is 5.70. The van der Waals surface area contributed by atoms with Gasteiger partial charge in [0.05, 0.1) is 29.1 Å². The van der Waals surface area contributed by atoms with Gasteiger partial charge in [-0.1, -0.05) is 46.4 Å². The number of carbonyl (C=O) groups excluding carboxylic acids is 3. The van der Waals surface area contributed by atoms with E-state index in [4.69, 9.17) is 52.1 Å². The minimum Gasteiger partial charge on any atom is -0.369 e. The first kappa shape index (κ1) is 24.5. The molecule has 0 radical (unpaired) electrons. The Morgan fingerprint density at radius 3 is 2.31 bits per heavy atom. The van der Waals surface area contributed by atoms with E-state index in [-0.39, 0.29) is 37.0 Å². The van der Waals surface area contributed by atoms with Gasteiger partial charge in [-0.25, -0.2) is 8.78 Å². The zero-order valence-corrected chi connectivity index (χ0v) is 20.6. The fraction of sp³-hybridized carbons (Fsp3) is 0.318. The van der Waals surface area contributed by atoms with Crippen LogP contribution in [0, 0.1) is 11.8 Å². The predicted molar refractivity (Wildman–Crippen MR) is 128 cm³/mol. The molecule has 2 saturated heterocycles. The number of halogens is 6. The van der Waals surface area contributed by atoms with E-state index in [1.807, 2.05) is 0 Å². The zero-order valence-electron chi connectivity index (χ0n) is 17.6. The van der Waals surface area contributed by atoms with Crippen LogP contribution in [0.1, 0.15) is 12.0 Å². The molecule has 1 spiro atoms. The van der Waals surface area contributed by atoms with E-state index in [9.17, 15) is 23.2 Å². The zero-order chi connectivity index (χ0) is 25.4. The molecule has 4 N–H and O–H groups in total. The number of alkyl halides is 2. The Kier molecular flexibility index (Phi) is 5.73. The Hall–Kier alpha value is -2.17. The van der Waals surface area contributed by atoms with Crippen LogP contribution in [-0.4, -0.2) is 41.1 Å². The lowest BCUT2D eigenvalue weighted by Gasteiger charge is -2.36. The minimum absolute atomic E-state index is 0.0601. The predicted octanol–water partition coefficient (Wildman–Crippen LogP) is 4.53. The van der Waals surface area contributed by atoms with Crippen molar-refractivity contribution in [2.45, 2.75) is 23.9 Å². The number of hydrogen-bond donors (Lipinski definition) is 3. The van der Waals surface area contributed by atoms with Crippen LogP contribution in [-0.2, 0) is 19.9 Å². The maximum atomic E-state index is 14.8. The number of hydrogen-bond acceptors (Lipinski definition) is 4. The van der Waals surface area contributed by atoms with Crippen molar-refractivity contribution in [2.24, 2.45) is 17.6 Å². The highest BCUT2D eigenvalue weighted by atomic mass is 35.5. The van der Waals surface area contributed by atoms with Gasteiger partial charge in [-0.2, -0.15) is 0 Å². The third-order valence-electron chi connectivity index (χ3n) is 6.78. The van der Waals surface area contributed by atoms with E-state index in [1.54, 1.807) is 0 Å². The number of carbonyl (C=O) groups is 3. The Bertz CT molecular complexity index is 1290. The van der Waals surface area contributed by atoms with Crippen LogP contribution in [0.4, 0.5) is 20.2 Å². The molecule has 3 heterocycles. The summed E-state index contributed by atoms with van der Waals surface area (Å²) in [5.74, 6) is -8.73. The van der Waals surface area contributed by atoms with Gasteiger partial charge in [0.15, 0.2) is 0 Å². The molecular weight excluding hydrogens is 548 g/mol. The molecule has 2 aromatic rings. The summed E-state index contributed by atoms with van der Waals surface area (Å²) in [5, 5.41) is 5.81. The van der Waals surface area contributed by atoms with Gasteiger partial charge in [-0.15, -0.1) is 0 Å². The Balaban J connectivity index is 1.68. The highest BCUT2D eigenvalue weighted by Crippen LogP contribution is 2.60. The average Bonchev–Trinajstić information content (AvgIpc) is 3.28. The second-order valence-corrected chi connectivity index (χ2v) is 10.6. The molecule has 184 valence electrons. The molecule has 0 saturated carbocycles. The van der Waals surface area contributed by atoms with Crippen molar-refractivity contribution in [3.63, 3.8) is 0 Å². The molecule has 2 fully saturated rings. The summed E-state index contributed by atoms with van der Waals surface area (Å²) in [6.07, 6.45) is -0.760. The molecule has 13 heteroatoms. The lowest BCUT2D eigenvalue weighted by atomic mass is 9.73. The first-order chi connectivity index (χ1) is 16.3. The van der Waals surface area contributed by atoms with Gasteiger partial charge in [0, 0.05) is 38.8 Å². The number of primary amides is 1. The quantitative estimate of drug-likeness (QED) is 0.510. The van der Waals surface area contributed by atoms with Crippen LogP contribution in [0.15, 0.2) is 30.3 Å². The fourth-order valence-corrected chi connectivity index (χ4v) is 6.77. The summed E-state index contributed by atoms with van der Waals surface area (Å²) in [6, 6.07) is 5.83. The largest absolute Gasteiger partial charge is 0.369 e. The van der Waals surface area contributed by atoms with Crippen LogP contribution < -0.4 is 16.4 Å². The maximum Gasteiger partial charge on any atom is 0.262 e. The average molecular weight is 564 g/mol. The Morgan fingerprint density at radius 2 is 1.69 bits per heavy atom. The van der Waals surface area contributed by atoms with Crippen molar-refractivity contribution >= 4 is 75.5 Å². The van der Waals surface area contributed by atoms with E-state index >= 15 is 0 Å². The van der Waals surface area contributed by atoms with Gasteiger partial charge in [0.1, 0.15) is 5.54 Å². The molecule has 3 aliphatic rings. The number of anilines is 2. The smallest absolute Gasteiger partial charge is 0.262 e. The van der Waals surface area contributed by atoms with E-state index in [0.717, 1.165) is 0 Å². The first-order valence-electron chi connectivity index (χ1n) is 10.4. The van der Waals surface area contributed by atoms with E-state index < -0.39 is 60.0 Å². The molecule has 0 unspecified atom stereocenters. The standard InChI is InChI=1S/C22H16Cl4F2N4O3/c23-8-1-9(24)3-11(2-8)30-19(34)15-14-6-21(27,28)7-32(14)22(16(15)18(29)33)12-4-10(25)5-13(26)17(12)31-20(22)35/h1-5,14-16H,6-7H2,(H2,29,33)(H,30,34)(H,31,35)/t14-,15+,16-,22+/m1/s1. The van der Waals surface area contributed by atoms with Gasteiger partial charge in [0.25, 0.3) is 11.8 Å². The number of nitrogens with one attached hydrogen (secondary N) is 2.